The van der Waals surface area contributed by atoms with E-state index in [9.17, 15) is 15.0 Å². The zero-order valence-corrected chi connectivity index (χ0v) is 17.6. The first-order valence-corrected chi connectivity index (χ1v) is 10.9. The molecule has 0 amide bonds. The van der Waals surface area contributed by atoms with Crippen LogP contribution in [0, 0.1) is 23.2 Å². The van der Waals surface area contributed by atoms with Crippen LogP contribution < -0.4 is 4.90 Å². The molecule has 7 atom stereocenters. The van der Waals surface area contributed by atoms with Gasteiger partial charge in [0, 0.05) is 5.92 Å². The molecular formula is C24H34NO4+. The summed E-state index contributed by atoms with van der Waals surface area (Å²) in [6.45, 7) is 7.90. The second-order valence-electron chi connectivity index (χ2n) is 9.88. The number of ether oxygens (including phenoxy) is 1. The summed E-state index contributed by atoms with van der Waals surface area (Å²) in [7, 11) is 2.02. The van der Waals surface area contributed by atoms with Gasteiger partial charge < -0.3 is 19.8 Å². The molecule has 1 aliphatic heterocycles. The van der Waals surface area contributed by atoms with Gasteiger partial charge in [-0.3, -0.25) is 4.79 Å². The van der Waals surface area contributed by atoms with Crippen LogP contribution in [0.2, 0.25) is 0 Å². The van der Waals surface area contributed by atoms with Crippen LogP contribution in [0.1, 0.15) is 50.7 Å². The summed E-state index contributed by atoms with van der Waals surface area (Å²) >= 11 is 0. The van der Waals surface area contributed by atoms with E-state index in [1.807, 2.05) is 7.05 Å². The van der Waals surface area contributed by atoms with E-state index < -0.39 is 6.10 Å². The van der Waals surface area contributed by atoms with E-state index >= 15 is 0 Å². The number of nitrogens with one attached hydrogen (secondary N) is 1. The average molecular weight is 401 g/mol. The first-order valence-electron chi connectivity index (χ1n) is 10.9. The minimum Gasteiger partial charge on any atom is -0.508 e. The molecule has 0 spiro atoms. The summed E-state index contributed by atoms with van der Waals surface area (Å²) in [5, 5.41) is 20.0. The molecule has 0 radical (unpaired) electrons. The second kappa shape index (κ2) is 7.77. The highest BCUT2D eigenvalue weighted by molar-refractivity contribution is 5.75. The van der Waals surface area contributed by atoms with Crippen LogP contribution in [-0.4, -0.2) is 42.4 Å². The Morgan fingerprint density at radius 2 is 2.07 bits per heavy atom. The van der Waals surface area contributed by atoms with Crippen molar-refractivity contribution in [3.63, 3.8) is 0 Å². The molecule has 4 rings (SSSR count). The van der Waals surface area contributed by atoms with E-state index in [-0.39, 0.29) is 35.1 Å². The molecule has 158 valence electrons. The zero-order valence-electron chi connectivity index (χ0n) is 17.6. The molecule has 29 heavy (non-hydrogen) atoms. The number of hydrogen-bond acceptors (Lipinski definition) is 4. The third kappa shape index (κ3) is 3.95. The number of carbonyl (C=O) groups is 1. The highest BCUT2D eigenvalue weighted by atomic mass is 16.6. The molecule has 5 nitrogen and oxygen atoms in total. The van der Waals surface area contributed by atoms with Crippen molar-refractivity contribution in [2.45, 2.75) is 51.2 Å². The van der Waals surface area contributed by atoms with Gasteiger partial charge in [-0.1, -0.05) is 31.2 Å². The maximum absolute atomic E-state index is 12.7. The van der Waals surface area contributed by atoms with Crippen molar-refractivity contribution >= 4 is 5.97 Å². The standard InChI is InChI=1S/C24H33NO4/c1-15-5-4-10-24(2)12-22-18(11-20(15)24)19(23(28)29-22)13-25(3)14-21(27)16-6-8-17(26)9-7-16/h6-9,18-22,26-27H,1,4-5,10-14H2,2-3H3/p+1/t18-,19-,20+,21-,22+,24-/m0/s1. The SMILES string of the molecule is C=C1CCC[C@@]2(C)C[C@H]3OC(=O)[C@@H](C[NH+](C)C[C@H](O)c4ccc(O)cc4)[C@@H]3C[C@H]12. The normalized spacial score (nSPS) is 36.1. The molecular weight excluding hydrogens is 366 g/mol. The predicted octanol–water partition coefficient (Wildman–Crippen LogP) is 2.25. The molecule has 1 heterocycles. The Hall–Kier alpha value is -1.85. The van der Waals surface area contributed by atoms with E-state index in [1.165, 1.54) is 18.4 Å². The molecule has 5 heteroatoms. The highest BCUT2D eigenvalue weighted by Crippen LogP contribution is 2.56. The van der Waals surface area contributed by atoms with Crippen LogP contribution in [0.3, 0.4) is 0 Å². The number of aliphatic hydroxyl groups is 1. The van der Waals surface area contributed by atoms with Gasteiger partial charge in [0.1, 0.15) is 30.4 Å². The number of fused-ring (bicyclic) bond motifs is 2. The molecule has 2 aliphatic carbocycles. The van der Waals surface area contributed by atoms with Crippen LogP contribution in [0.4, 0.5) is 0 Å². The average Bonchev–Trinajstić information content (AvgIpc) is 2.94. The van der Waals surface area contributed by atoms with Gasteiger partial charge in [-0.05, 0) is 61.1 Å². The van der Waals surface area contributed by atoms with Crippen molar-refractivity contribution in [3.8, 4) is 5.75 Å². The first kappa shape index (κ1) is 20.4. The fraction of sp³-hybridized carbons (Fsp3) is 0.625. The number of hydrogen-bond donors (Lipinski definition) is 3. The molecule has 1 saturated heterocycles. The van der Waals surface area contributed by atoms with Crippen LogP contribution in [-0.2, 0) is 9.53 Å². The van der Waals surface area contributed by atoms with E-state index in [2.05, 4.69) is 13.5 Å². The predicted molar refractivity (Wildman–Crippen MR) is 110 cm³/mol. The third-order valence-corrected chi connectivity index (χ3v) is 7.71. The van der Waals surface area contributed by atoms with Gasteiger partial charge in [0.05, 0.1) is 13.6 Å². The minimum atomic E-state index is -0.628. The summed E-state index contributed by atoms with van der Waals surface area (Å²) in [5.41, 5.74) is 2.36. The van der Waals surface area contributed by atoms with Crippen molar-refractivity contribution in [2.75, 3.05) is 20.1 Å². The molecule has 3 aliphatic rings. The number of likely N-dealkylation sites (N-methyl/N-ethyl adjacent to an activating group) is 1. The number of phenols is 1. The van der Waals surface area contributed by atoms with Gasteiger partial charge in [0.15, 0.2) is 0 Å². The first-order chi connectivity index (χ1) is 13.8. The Balaban J connectivity index is 1.41. The molecule has 3 N–H and O–H groups in total. The number of aromatic hydroxyl groups is 1. The number of allylic oxidation sites excluding steroid dienone is 1. The minimum absolute atomic E-state index is 0.0365. The van der Waals surface area contributed by atoms with Crippen LogP contribution in [0.25, 0.3) is 0 Å². The van der Waals surface area contributed by atoms with Crippen molar-refractivity contribution in [3.05, 3.63) is 42.0 Å². The van der Waals surface area contributed by atoms with Crippen LogP contribution in [0.15, 0.2) is 36.4 Å². The molecule has 2 saturated carbocycles. The summed E-state index contributed by atoms with van der Waals surface area (Å²) in [4.78, 5) is 13.8. The van der Waals surface area contributed by atoms with Crippen LogP contribution in [0.5, 0.6) is 5.75 Å². The number of esters is 1. The van der Waals surface area contributed by atoms with Gasteiger partial charge in [0.25, 0.3) is 0 Å². The Labute approximate surface area is 173 Å². The molecule has 0 aromatic heterocycles. The Morgan fingerprint density at radius 3 is 2.79 bits per heavy atom. The third-order valence-electron chi connectivity index (χ3n) is 7.71. The largest absolute Gasteiger partial charge is 0.508 e. The lowest BCUT2D eigenvalue weighted by molar-refractivity contribution is -0.886. The second-order valence-corrected chi connectivity index (χ2v) is 9.88. The Bertz CT molecular complexity index is 776. The van der Waals surface area contributed by atoms with Gasteiger partial charge in [-0.25, -0.2) is 0 Å². The number of benzene rings is 1. The number of phenolic OH excluding ortho intramolecular Hbond substituents is 1. The summed E-state index contributed by atoms with van der Waals surface area (Å²) in [6.07, 6.45) is 4.88. The lowest BCUT2D eigenvalue weighted by atomic mass is 9.55. The number of rotatable bonds is 5. The lowest BCUT2D eigenvalue weighted by Crippen LogP contribution is -3.10. The van der Waals surface area contributed by atoms with E-state index in [4.69, 9.17) is 4.74 Å². The summed E-state index contributed by atoms with van der Waals surface area (Å²) in [5.74, 6) is 0.779. The van der Waals surface area contributed by atoms with Crippen molar-refractivity contribution < 1.29 is 24.6 Å². The van der Waals surface area contributed by atoms with Gasteiger partial charge >= 0.3 is 5.97 Å². The molecule has 3 fully saturated rings. The fourth-order valence-corrected chi connectivity index (χ4v) is 6.09. The van der Waals surface area contributed by atoms with Crippen molar-refractivity contribution in [1.29, 1.82) is 0 Å². The quantitative estimate of drug-likeness (QED) is 0.524. The summed E-state index contributed by atoms with van der Waals surface area (Å²) in [6, 6.07) is 6.65. The number of aliphatic hydroxyl groups excluding tert-OH is 1. The van der Waals surface area contributed by atoms with Gasteiger partial charge in [-0.15, -0.1) is 0 Å². The van der Waals surface area contributed by atoms with E-state index in [0.29, 0.717) is 19.0 Å². The smallest absolute Gasteiger partial charge is 0.315 e. The highest BCUT2D eigenvalue weighted by Gasteiger charge is 2.55. The van der Waals surface area contributed by atoms with Gasteiger partial charge in [-0.2, -0.15) is 0 Å². The molecule has 0 bridgehead atoms. The maximum atomic E-state index is 12.7. The Morgan fingerprint density at radius 1 is 1.34 bits per heavy atom. The maximum Gasteiger partial charge on any atom is 0.315 e. The fourth-order valence-electron chi connectivity index (χ4n) is 6.09. The number of carbonyl (C=O) groups excluding carboxylic acids is 1. The van der Waals surface area contributed by atoms with E-state index in [1.54, 1.807) is 24.3 Å². The molecule has 1 aromatic rings. The zero-order chi connectivity index (χ0) is 20.8. The lowest BCUT2D eigenvalue weighted by Gasteiger charge is -2.50. The number of quaternary nitrogens is 1. The van der Waals surface area contributed by atoms with Crippen LogP contribution >= 0.6 is 0 Å². The topological polar surface area (TPSA) is 71.2 Å². The Kier molecular flexibility index (Phi) is 5.47. The van der Waals surface area contributed by atoms with Crippen molar-refractivity contribution in [1.82, 2.24) is 0 Å². The monoisotopic (exact) mass is 400 g/mol. The van der Waals surface area contributed by atoms with Gasteiger partial charge in [0.2, 0.25) is 0 Å². The summed E-state index contributed by atoms with van der Waals surface area (Å²) < 4.78 is 5.86. The van der Waals surface area contributed by atoms with Crippen molar-refractivity contribution in [2.24, 2.45) is 23.2 Å². The van der Waals surface area contributed by atoms with E-state index in [0.717, 1.165) is 29.7 Å². The molecule has 1 aromatic carbocycles. The molecule has 1 unspecified atom stereocenters.